The van der Waals surface area contributed by atoms with E-state index < -0.39 is 0 Å². The Morgan fingerprint density at radius 1 is 1.19 bits per heavy atom. The summed E-state index contributed by atoms with van der Waals surface area (Å²) in [5.74, 6) is -0.141. The molecule has 2 aromatic rings. The number of carbonyl (C=O) groups is 1. The van der Waals surface area contributed by atoms with Crippen LogP contribution in [0.3, 0.4) is 0 Å². The van der Waals surface area contributed by atoms with E-state index in [1.54, 1.807) is 11.0 Å². The molecule has 0 aromatic heterocycles. The van der Waals surface area contributed by atoms with Crippen LogP contribution in [0.5, 0.6) is 5.75 Å². The van der Waals surface area contributed by atoms with E-state index in [9.17, 15) is 9.90 Å². The third-order valence-electron chi connectivity index (χ3n) is 3.35. The molecule has 0 aliphatic carbocycles. The largest absolute Gasteiger partial charge is 0.508 e. The van der Waals surface area contributed by atoms with Crippen LogP contribution in [0.2, 0.25) is 0 Å². The molecule has 4 heteroatoms. The molecule has 4 nitrogen and oxygen atoms in total. The molecule has 3 N–H and O–H groups in total. The highest BCUT2D eigenvalue weighted by Crippen LogP contribution is 2.22. The van der Waals surface area contributed by atoms with Crippen LogP contribution in [-0.2, 0) is 6.54 Å². The Labute approximate surface area is 124 Å². The molecule has 1 amide bonds. The molecule has 110 valence electrons. The molecule has 0 unspecified atom stereocenters. The van der Waals surface area contributed by atoms with E-state index in [0.717, 1.165) is 5.56 Å². The molecule has 0 spiro atoms. The van der Waals surface area contributed by atoms with E-state index in [1.165, 1.54) is 12.1 Å². The van der Waals surface area contributed by atoms with Gasteiger partial charge < -0.3 is 15.7 Å². The summed E-state index contributed by atoms with van der Waals surface area (Å²) >= 11 is 0. The van der Waals surface area contributed by atoms with Crippen LogP contribution in [0.25, 0.3) is 0 Å². The van der Waals surface area contributed by atoms with Gasteiger partial charge in [-0.2, -0.15) is 0 Å². The van der Waals surface area contributed by atoms with Crippen molar-refractivity contribution in [1.29, 1.82) is 0 Å². The highest BCUT2D eigenvalue weighted by atomic mass is 16.3. The number of carbonyl (C=O) groups excluding carboxylic acids is 1. The second-order valence-electron chi connectivity index (χ2n) is 5.28. The number of phenolic OH excluding ortho intramolecular Hbond substituents is 1. The van der Waals surface area contributed by atoms with Crippen LogP contribution in [0.4, 0.5) is 5.69 Å². The maximum absolute atomic E-state index is 12.7. The maximum Gasteiger partial charge on any atom is 0.256 e. The quantitative estimate of drug-likeness (QED) is 0.670. The van der Waals surface area contributed by atoms with Crippen LogP contribution in [-0.4, -0.2) is 22.0 Å². The minimum absolute atomic E-state index is 0.0273. The zero-order chi connectivity index (χ0) is 15.4. The lowest BCUT2D eigenvalue weighted by Gasteiger charge is -2.27. The van der Waals surface area contributed by atoms with E-state index >= 15 is 0 Å². The van der Waals surface area contributed by atoms with E-state index in [0.29, 0.717) is 17.8 Å². The van der Waals surface area contributed by atoms with Gasteiger partial charge in [0.25, 0.3) is 5.91 Å². The Bertz CT molecular complexity index is 624. The van der Waals surface area contributed by atoms with Gasteiger partial charge in [0.2, 0.25) is 0 Å². The van der Waals surface area contributed by atoms with Crippen molar-refractivity contribution in [1.82, 2.24) is 4.90 Å². The van der Waals surface area contributed by atoms with Crippen molar-refractivity contribution in [3.8, 4) is 5.75 Å². The molecule has 0 atom stereocenters. The molecule has 0 bridgehead atoms. The second kappa shape index (κ2) is 6.31. The average Bonchev–Trinajstić information content (AvgIpc) is 2.47. The number of nitrogens with two attached hydrogens (primary N) is 1. The van der Waals surface area contributed by atoms with Gasteiger partial charge >= 0.3 is 0 Å². The minimum atomic E-state index is -0.178. The third kappa shape index (κ3) is 3.54. The summed E-state index contributed by atoms with van der Waals surface area (Å²) in [6.45, 7) is 4.42. The molecule has 0 radical (unpaired) electrons. The van der Waals surface area contributed by atoms with Gasteiger partial charge in [0.05, 0.1) is 5.56 Å². The molecule has 21 heavy (non-hydrogen) atoms. The predicted octanol–water partition coefficient (Wildman–Crippen LogP) is 3.03. The van der Waals surface area contributed by atoms with Crippen LogP contribution in [0, 0.1) is 0 Å². The van der Waals surface area contributed by atoms with Crippen LogP contribution in [0.1, 0.15) is 29.8 Å². The number of benzene rings is 2. The SMILES string of the molecule is CC(C)N(Cc1ccccc1)C(=O)c1cc(O)ccc1N. The summed E-state index contributed by atoms with van der Waals surface area (Å²) in [6, 6.07) is 14.3. The molecule has 0 aliphatic rings. The summed E-state index contributed by atoms with van der Waals surface area (Å²) in [7, 11) is 0. The number of hydrogen-bond donors (Lipinski definition) is 2. The van der Waals surface area contributed by atoms with Crippen LogP contribution in [0.15, 0.2) is 48.5 Å². The van der Waals surface area contributed by atoms with Gasteiger partial charge in [0.15, 0.2) is 0 Å². The van der Waals surface area contributed by atoms with E-state index in [1.807, 2.05) is 44.2 Å². The van der Waals surface area contributed by atoms with Crippen molar-refractivity contribution in [2.75, 3.05) is 5.73 Å². The first-order chi connectivity index (χ1) is 9.99. The van der Waals surface area contributed by atoms with Gasteiger partial charge in [0, 0.05) is 18.3 Å². The Hall–Kier alpha value is -2.49. The van der Waals surface area contributed by atoms with Crippen molar-refractivity contribution >= 4 is 11.6 Å². The number of hydrogen-bond acceptors (Lipinski definition) is 3. The maximum atomic E-state index is 12.7. The molecule has 0 saturated carbocycles. The molecular formula is C17H20N2O2. The number of nitrogen functional groups attached to an aromatic ring is 1. The first-order valence-electron chi connectivity index (χ1n) is 6.92. The van der Waals surface area contributed by atoms with Crippen LogP contribution >= 0.6 is 0 Å². The Balaban J connectivity index is 2.30. The van der Waals surface area contributed by atoms with E-state index in [4.69, 9.17) is 5.73 Å². The van der Waals surface area contributed by atoms with Crippen LogP contribution < -0.4 is 5.73 Å². The lowest BCUT2D eigenvalue weighted by molar-refractivity contribution is 0.0691. The zero-order valence-electron chi connectivity index (χ0n) is 12.3. The highest BCUT2D eigenvalue weighted by molar-refractivity contribution is 5.99. The molecule has 2 aromatic carbocycles. The van der Waals surface area contributed by atoms with E-state index in [2.05, 4.69) is 0 Å². The van der Waals surface area contributed by atoms with Crippen molar-refractivity contribution in [2.45, 2.75) is 26.4 Å². The number of nitrogens with zero attached hydrogens (tertiary/aromatic N) is 1. The first-order valence-corrected chi connectivity index (χ1v) is 6.92. The number of anilines is 1. The molecule has 0 saturated heterocycles. The lowest BCUT2D eigenvalue weighted by Crippen LogP contribution is -2.36. The lowest BCUT2D eigenvalue weighted by atomic mass is 10.1. The fraction of sp³-hybridized carbons (Fsp3) is 0.235. The summed E-state index contributed by atoms with van der Waals surface area (Å²) < 4.78 is 0. The third-order valence-corrected chi connectivity index (χ3v) is 3.35. The number of phenols is 1. The second-order valence-corrected chi connectivity index (χ2v) is 5.28. The molecule has 0 fully saturated rings. The van der Waals surface area contributed by atoms with Gasteiger partial charge in [-0.05, 0) is 37.6 Å². The molecule has 0 aliphatic heterocycles. The monoisotopic (exact) mass is 284 g/mol. The highest BCUT2D eigenvalue weighted by Gasteiger charge is 2.21. The topological polar surface area (TPSA) is 66.6 Å². The molecular weight excluding hydrogens is 264 g/mol. The van der Waals surface area contributed by atoms with Crippen molar-refractivity contribution in [3.63, 3.8) is 0 Å². The number of aromatic hydroxyl groups is 1. The number of amides is 1. The number of rotatable bonds is 4. The van der Waals surface area contributed by atoms with Crippen molar-refractivity contribution in [2.24, 2.45) is 0 Å². The van der Waals surface area contributed by atoms with Gasteiger partial charge in [0.1, 0.15) is 5.75 Å². The smallest absolute Gasteiger partial charge is 0.256 e. The Morgan fingerprint density at radius 2 is 1.86 bits per heavy atom. The predicted molar refractivity (Wildman–Crippen MR) is 84.0 cm³/mol. The first kappa shape index (κ1) is 14.9. The summed E-state index contributed by atoms with van der Waals surface area (Å²) in [6.07, 6.45) is 0. The van der Waals surface area contributed by atoms with Crippen molar-refractivity contribution < 1.29 is 9.90 Å². The average molecular weight is 284 g/mol. The van der Waals surface area contributed by atoms with Gasteiger partial charge in [-0.15, -0.1) is 0 Å². The molecule has 0 heterocycles. The van der Waals surface area contributed by atoms with Crippen molar-refractivity contribution in [3.05, 3.63) is 59.7 Å². The zero-order valence-corrected chi connectivity index (χ0v) is 12.3. The van der Waals surface area contributed by atoms with Gasteiger partial charge in [-0.3, -0.25) is 4.79 Å². The molecule has 2 rings (SSSR count). The Kier molecular flexibility index (Phi) is 4.48. The summed E-state index contributed by atoms with van der Waals surface area (Å²) in [5.41, 5.74) is 7.62. The van der Waals surface area contributed by atoms with Gasteiger partial charge in [-0.25, -0.2) is 0 Å². The van der Waals surface area contributed by atoms with Gasteiger partial charge in [-0.1, -0.05) is 30.3 Å². The standard InChI is InChI=1S/C17H20N2O2/c1-12(2)19(11-13-6-4-3-5-7-13)17(21)15-10-14(20)8-9-16(15)18/h3-10,12,20H,11,18H2,1-2H3. The normalized spacial score (nSPS) is 10.6. The summed E-state index contributed by atoms with van der Waals surface area (Å²) in [4.78, 5) is 14.4. The summed E-state index contributed by atoms with van der Waals surface area (Å²) in [5, 5.41) is 9.57. The fourth-order valence-corrected chi connectivity index (χ4v) is 2.15. The fourth-order valence-electron chi connectivity index (χ4n) is 2.15. The van der Waals surface area contributed by atoms with E-state index in [-0.39, 0.29) is 17.7 Å². The minimum Gasteiger partial charge on any atom is -0.508 e. The Morgan fingerprint density at radius 3 is 2.48 bits per heavy atom.